The second-order valence-electron chi connectivity index (χ2n) is 5.21. The van der Waals surface area contributed by atoms with Crippen LogP contribution in [0.3, 0.4) is 0 Å². The molecule has 4 heteroatoms. The van der Waals surface area contributed by atoms with Gasteiger partial charge in [-0.3, -0.25) is 0 Å². The Morgan fingerprint density at radius 2 is 2.21 bits per heavy atom. The molecule has 98 valence electrons. The summed E-state index contributed by atoms with van der Waals surface area (Å²) >= 11 is 1.76. The molecule has 0 amide bonds. The summed E-state index contributed by atoms with van der Waals surface area (Å²) in [5.74, 6) is 0.765. The predicted molar refractivity (Wildman–Crippen MR) is 79.5 cm³/mol. The fraction of sp³-hybridized carbons (Fsp3) is 0.333. The number of nitriles is 1. The van der Waals surface area contributed by atoms with E-state index in [-0.39, 0.29) is 5.41 Å². The Labute approximate surface area is 117 Å². The highest BCUT2D eigenvalue weighted by Gasteiger charge is 2.21. The Kier molecular flexibility index (Phi) is 3.87. The van der Waals surface area contributed by atoms with Crippen molar-refractivity contribution < 1.29 is 0 Å². The van der Waals surface area contributed by atoms with Crippen LogP contribution in [0.2, 0.25) is 0 Å². The molecule has 0 unspecified atom stereocenters. The van der Waals surface area contributed by atoms with Crippen LogP contribution in [0, 0.1) is 18.3 Å². The van der Waals surface area contributed by atoms with E-state index in [0.717, 1.165) is 18.1 Å². The van der Waals surface area contributed by atoms with E-state index in [9.17, 15) is 0 Å². The Balaban J connectivity index is 2.11. The van der Waals surface area contributed by atoms with Crippen LogP contribution < -0.4 is 5.32 Å². The smallest absolute Gasteiger partial charge is 0.127 e. The van der Waals surface area contributed by atoms with Crippen LogP contribution in [0.25, 0.3) is 0 Å². The minimum absolute atomic E-state index is 0.0480. The van der Waals surface area contributed by atoms with Crippen molar-refractivity contribution in [1.82, 2.24) is 4.98 Å². The van der Waals surface area contributed by atoms with Gasteiger partial charge in [0.1, 0.15) is 5.82 Å². The van der Waals surface area contributed by atoms with Gasteiger partial charge in [0.2, 0.25) is 0 Å². The summed E-state index contributed by atoms with van der Waals surface area (Å²) in [6.45, 7) is 7.09. The topological polar surface area (TPSA) is 48.7 Å². The third-order valence-electron chi connectivity index (χ3n) is 2.98. The van der Waals surface area contributed by atoms with Crippen molar-refractivity contribution in [2.24, 2.45) is 0 Å². The van der Waals surface area contributed by atoms with Gasteiger partial charge < -0.3 is 5.32 Å². The van der Waals surface area contributed by atoms with E-state index in [1.54, 1.807) is 23.5 Å². The monoisotopic (exact) mass is 271 g/mol. The highest BCUT2D eigenvalue weighted by atomic mass is 32.1. The standard InChI is InChI=1S/C15H17N3S/c1-11-7-12(9-16)8-14(18-11)17-10-15(2,3)13-5-4-6-19-13/h4-8H,10H2,1-3H3,(H,17,18). The summed E-state index contributed by atoms with van der Waals surface area (Å²) in [6.07, 6.45) is 0. The number of pyridine rings is 1. The number of hydrogen-bond acceptors (Lipinski definition) is 4. The van der Waals surface area contributed by atoms with Crippen molar-refractivity contribution in [2.45, 2.75) is 26.2 Å². The van der Waals surface area contributed by atoms with E-state index < -0.39 is 0 Å². The van der Waals surface area contributed by atoms with Gasteiger partial charge in [-0.2, -0.15) is 5.26 Å². The SMILES string of the molecule is Cc1cc(C#N)cc(NCC(C)(C)c2cccs2)n1. The van der Waals surface area contributed by atoms with Gasteiger partial charge in [-0.15, -0.1) is 11.3 Å². The van der Waals surface area contributed by atoms with Gasteiger partial charge in [-0.05, 0) is 30.5 Å². The van der Waals surface area contributed by atoms with Gasteiger partial charge >= 0.3 is 0 Å². The zero-order chi connectivity index (χ0) is 13.9. The maximum Gasteiger partial charge on any atom is 0.127 e. The molecule has 2 heterocycles. The zero-order valence-electron chi connectivity index (χ0n) is 11.4. The number of aromatic nitrogens is 1. The lowest BCUT2D eigenvalue weighted by molar-refractivity contribution is 0.568. The van der Waals surface area contributed by atoms with Crippen molar-refractivity contribution in [2.75, 3.05) is 11.9 Å². The van der Waals surface area contributed by atoms with Crippen molar-refractivity contribution in [3.05, 3.63) is 45.8 Å². The highest BCUT2D eigenvalue weighted by molar-refractivity contribution is 7.10. The van der Waals surface area contributed by atoms with Gasteiger partial charge in [0, 0.05) is 22.5 Å². The van der Waals surface area contributed by atoms with E-state index in [2.05, 4.69) is 47.7 Å². The van der Waals surface area contributed by atoms with Crippen molar-refractivity contribution in [3.8, 4) is 6.07 Å². The lowest BCUT2D eigenvalue weighted by Crippen LogP contribution is -2.26. The molecule has 0 atom stereocenters. The first-order valence-corrected chi connectivity index (χ1v) is 7.06. The fourth-order valence-corrected chi connectivity index (χ4v) is 2.74. The number of aryl methyl sites for hydroxylation is 1. The Hall–Kier alpha value is -1.86. The number of anilines is 1. The molecule has 0 saturated carbocycles. The summed E-state index contributed by atoms with van der Waals surface area (Å²) in [6, 6.07) is 9.95. The Bertz CT molecular complexity index is 594. The minimum Gasteiger partial charge on any atom is -0.369 e. The van der Waals surface area contributed by atoms with Crippen molar-refractivity contribution in [3.63, 3.8) is 0 Å². The van der Waals surface area contributed by atoms with Crippen LogP contribution in [0.15, 0.2) is 29.6 Å². The third-order valence-corrected chi connectivity index (χ3v) is 4.22. The van der Waals surface area contributed by atoms with Crippen LogP contribution >= 0.6 is 11.3 Å². The van der Waals surface area contributed by atoms with E-state index >= 15 is 0 Å². The van der Waals surface area contributed by atoms with Crippen molar-refractivity contribution >= 4 is 17.2 Å². The predicted octanol–water partition coefficient (Wildman–Crippen LogP) is 3.71. The summed E-state index contributed by atoms with van der Waals surface area (Å²) in [5, 5.41) is 14.4. The molecule has 2 aromatic rings. The van der Waals surface area contributed by atoms with Gasteiger partial charge in [0.25, 0.3) is 0 Å². The molecule has 0 radical (unpaired) electrons. The first-order chi connectivity index (χ1) is 9.01. The van der Waals surface area contributed by atoms with E-state index in [1.807, 2.05) is 6.92 Å². The fourth-order valence-electron chi connectivity index (χ4n) is 1.89. The number of thiophene rings is 1. The molecule has 2 rings (SSSR count). The number of hydrogen-bond donors (Lipinski definition) is 1. The molecule has 0 aliphatic carbocycles. The second kappa shape index (κ2) is 5.41. The van der Waals surface area contributed by atoms with E-state index in [4.69, 9.17) is 5.26 Å². The lowest BCUT2D eigenvalue weighted by atomic mass is 9.91. The first kappa shape index (κ1) is 13.6. The summed E-state index contributed by atoms with van der Waals surface area (Å²) in [4.78, 5) is 5.75. The van der Waals surface area contributed by atoms with E-state index in [0.29, 0.717) is 5.56 Å². The number of nitrogens with zero attached hydrogens (tertiary/aromatic N) is 2. The molecule has 0 aliphatic heterocycles. The summed E-state index contributed by atoms with van der Waals surface area (Å²) < 4.78 is 0. The average molecular weight is 271 g/mol. The number of nitrogens with one attached hydrogen (secondary N) is 1. The Morgan fingerprint density at radius 1 is 1.42 bits per heavy atom. The molecule has 0 aliphatic rings. The van der Waals surface area contributed by atoms with Gasteiger partial charge in [-0.25, -0.2) is 4.98 Å². The lowest BCUT2D eigenvalue weighted by Gasteiger charge is -2.24. The molecule has 0 saturated heterocycles. The summed E-state index contributed by atoms with van der Waals surface area (Å²) in [7, 11) is 0. The highest BCUT2D eigenvalue weighted by Crippen LogP contribution is 2.27. The Morgan fingerprint density at radius 3 is 2.84 bits per heavy atom. The maximum absolute atomic E-state index is 8.96. The van der Waals surface area contributed by atoms with Crippen LogP contribution in [0.5, 0.6) is 0 Å². The molecule has 0 bridgehead atoms. The molecule has 3 nitrogen and oxygen atoms in total. The van der Waals surface area contributed by atoms with Crippen LogP contribution in [-0.2, 0) is 5.41 Å². The average Bonchev–Trinajstić information content (AvgIpc) is 2.90. The third kappa shape index (κ3) is 3.33. The quantitative estimate of drug-likeness (QED) is 0.922. The molecule has 0 aromatic carbocycles. The van der Waals surface area contributed by atoms with Gasteiger partial charge in [-0.1, -0.05) is 19.9 Å². The largest absolute Gasteiger partial charge is 0.369 e. The van der Waals surface area contributed by atoms with Crippen molar-refractivity contribution in [1.29, 1.82) is 5.26 Å². The first-order valence-electron chi connectivity index (χ1n) is 6.18. The molecular formula is C15H17N3S. The molecule has 0 fully saturated rings. The zero-order valence-corrected chi connectivity index (χ0v) is 12.2. The summed E-state index contributed by atoms with van der Waals surface area (Å²) in [5.41, 5.74) is 1.55. The minimum atomic E-state index is 0.0480. The molecular weight excluding hydrogens is 254 g/mol. The maximum atomic E-state index is 8.96. The van der Waals surface area contributed by atoms with E-state index in [1.165, 1.54) is 4.88 Å². The van der Waals surface area contributed by atoms with Gasteiger partial charge in [0.15, 0.2) is 0 Å². The molecule has 2 aromatic heterocycles. The van der Waals surface area contributed by atoms with Gasteiger partial charge in [0.05, 0.1) is 11.6 Å². The normalized spacial score (nSPS) is 11.1. The van der Waals surface area contributed by atoms with Crippen LogP contribution in [0.1, 0.15) is 30.0 Å². The molecule has 1 N–H and O–H groups in total. The van der Waals surface area contributed by atoms with Crippen LogP contribution in [-0.4, -0.2) is 11.5 Å². The number of rotatable bonds is 4. The molecule has 19 heavy (non-hydrogen) atoms. The molecule has 0 spiro atoms. The second-order valence-corrected chi connectivity index (χ2v) is 6.16. The van der Waals surface area contributed by atoms with Crippen LogP contribution in [0.4, 0.5) is 5.82 Å².